The van der Waals surface area contributed by atoms with Crippen molar-refractivity contribution in [3.8, 4) is 28.8 Å². The Bertz CT molecular complexity index is 2220. The molecule has 0 aliphatic carbocycles. The van der Waals surface area contributed by atoms with Gasteiger partial charge in [0.25, 0.3) is 0 Å². The van der Waals surface area contributed by atoms with Crippen LogP contribution in [0.1, 0.15) is 47.8 Å². The summed E-state index contributed by atoms with van der Waals surface area (Å²) in [6.07, 6.45) is 0.485. The van der Waals surface area contributed by atoms with E-state index in [0.29, 0.717) is 16.9 Å². The summed E-state index contributed by atoms with van der Waals surface area (Å²) >= 11 is 1.35. The van der Waals surface area contributed by atoms with E-state index >= 15 is 0 Å². The van der Waals surface area contributed by atoms with E-state index in [0.717, 1.165) is 48.3 Å². The minimum Gasteiger partial charge on any atom is -0.331 e. The number of amides is 1. The molecule has 2 aromatic heterocycles. The number of rotatable bonds is 10. The van der Waals surface area contributed by atoms with Gasteiger partial charge in [-0.25, -0.2) is 18.8 Å². The van der Waals surface area contributed by atoms with Crippen LogP contribution in [0.25, 0.3) is 22.8 Å². The Morgan fingerprint density at radius 2 is 1.74 bits per heavy atom. The van der Waals surface area contributed by atoms with Crippen LogP contribution in [0.15, 0.2) is 113 Å². The highest BCUT2D eigenvalue weighted by Crippen LogP contribution is 2.32. The van der Waals surface area contributed by atoms with Gasteiger partial charge in [-0.15, -0.1) is 0 Å². The van der Waals surface area contributed by atoms with Gasteiger partial charge in [-0.3, -0.25) is 4.57 Å². The number of aromatic nitrogens is 4. The van der Waals surface area contributed by atoms with Crippen molar-refractivity contribution in [3.63, 3.8) is 0 Å². The predicted octanol–water partition coefficient (Wildman–Crippen LogP) is 8.59. The Morgan fingerprint density at radius 3 is 2.31 bits per heavy atom. The van der Waals surface area contributed by atoms with Crippen molar-refractivity contribution in [1.29, 1.82) is 5.26 Å². The van der Waals surface area contributed by atoms with Crippen LogP contribution in [0, 0.1) is 18.3 Å². The number of imidazole rings is 1. The molecule has 282 valence electrons. The molecule has 5 aromatic rings. The Labute approximate surface area is 317 Å². The molecular formula is C40H43F3N7O3S+. The molecule has 0 bridgehead atoms. The van der Waals surface area contributed by atoms with Crippen molar-refractivity contribution >= 4 is 18.1 Å². The SMILES string of the molecule is C=C/C=C(\C)SOC.Cc1c(-c2ccnn2-c2ccc(C#N)cc2)n(C(=O)NC(C)c2ccc(C[N+](C)(C)C)cc2)c(=O)n1-c1cccc(C(F)(F)F)c1. The van der Waals surface area contributed by atoms with E-state index in [1.54, 1.807) is 57.4 Å². The van der Waals surface area contributed by atoms with Crippen molar-refractivity contribution in [1.82, 2.24) is 24.2 Å². The number of halogens is 3. The molecule has 1 atom stereocenters. The summed E-state index contributed by atoms with van der Waals surface area (Å²) in [7, 11) is 7.91. The topological polar surface area (TPSA) is 107 Å². The number of nitrogens with one attached hydrogen (secondary N) is 1. The predicted molar refractivity (Wildman–Crippen MR) is 206 cm³/mol. The van der Waals surface area contributed by atoms with E-state index in [9.17, 15) is 28.0 Å². The highest BCUT2D eigenvalue weighted by atomic mass is 32.2. The average molecular weight is 759 g/mol. The number of nitriles is 1. The number of alkyl halides is 3. The van der Waals surface area contributed by atoms with Crippen LogP contribution in [-0.4, -0.2) is 57.7 Å². The van der Waals surface area contributed by atoms with E-state index in [1.807, 2.05) is 37.3 Å². The number of benzene rings is 3. The molecule has 10 nitrogen and oxygen atoms in total. The van der Waals surface area contributed by atoms with E-state index in [2.05, 4.69) is 44.2 Å². The van der Waals surface area contributed by atoms with Crippen molar-refractivity contribution in [2.24, 2.45) is 0 Å². The molecule has 0 radical (unpaired) electrons. The minimum absolute atomic E-state index is 0.0459. The van der Waals surface area contributed by atoms with Gasteiger partial charge in [0.05, 0.1) is 80.5 Å². The number of hydrogen-bond acceptors (Lipinski definition) is 6. The first-order valence-corrected chi connectivity index (χ1v) is 17.5. The Kier molecular flexibility index (Phi) is 13.3. The van der Waals surface area contributed by atoms with Gasteiger partial charge < -0.3 is 14.0 Å². The second-order valence-electron chi connectivity index (χ2n) is 13.3. The first-order valence-electron chi connectivity index (χ1n) is 16.8. The van der Waals surface area contributed by atoms with E-state index in [4.69, 9.17) is 4.18 Å². The lowest BCUT2D eigenvalue weighted by Crippen LogP contribution is -2.38. The first kappa shape index (κ1) is 41.1. The molecule has 0 aliphatic rings. The number of quaternary nitrogens is 1. The van der Waals surface area contributed by atoms with E-state index < -0.39 is 29.5 Å². The van der Waals surface area contributed by atoms with Crippen LogP contribution in [0.4, 0.5) is 18.0 Å². The molecule has 54 heavy (non-hydrogen) atoms. The molecule has 1 amide bonds. The lowest BCUT2D eigenvalue weighted by Gasteiger charge is -2.24. The van der Waals surface area contributed by atoms with Crippen molar-refractivity contribution in [3.05, 3.63) is 147 Å². The smallest absolute Gasteiger partial charge is 0.331 e. The number of nitrogens with zero attached hydrogens (tertiary/aromatic N) is 6. The Balaban J connectivity index is 0.000000730. The quantitative estimate of drug-likeness (QED) is 0.0869. The average Bonchev–Trinajstić information content (AvgIpc) is 3.69. The molecule has 0 spiro atoms. The fourth-order valence-corrected chi connectivity index (χ4v) is 6.12. The third kappa shape index (κ3) is 10.1. The van der Waals surface area contributed by atoms with Crippen molar-refractivity contribution < 1.29 is 26.6 Å². The van der Waals surface area contributed by atoms with E-state index in [-0.39, 0.29) is 17.1 Å². The number of carbonyl (C=O) groups is 1. The second-order valence-corrected chi connectivity index (χ2v) is 14.5. The molecule has 0 saturated heterocycles. The maximum absolute atomic E-state index is 14.1. The molecule has 1 N–H and O–H groups in total. The summed E-state index contributed by atoms with van der Waals surface area (Å²) in [6, 6.07) is 21.1. The molecule has 3 aromatic carbocycles. The van der Waals surface area contributed by atoms with Crippen LogP contribution in [0.5, 0.6) is 0 Å². The molecule has 2 heterocycles. The zero-order valence-corrected chi connectivity index (χ0v) is 32.0. The van der Waals surface area contributed by atoms with Crippen molar-refractivity contribution in [2.45, 2.75) is 39.5 Å². The molecule has 0 fully saturated rings. The largest absolute Gasteiger partial charge is 0.416 e. The summed E-state index contributed by atoms with van der Waals surface area (Å²) in [6.45, 7) is 9.67. The normalized spacial score (nSPS) is 12.4. The van der Waals surface area contributed by atoms with Crippen LogP contribution < -0.4 is 11.0 Å². The molecule has 0 saturated carbocycles. The third-order valence-electron chi connectivity index (χ3n) is 8.09. The fraction of sp³-hybridized carbons (Fsp3) is 0.250. The van der Waals surface area contributed by atoms with E-state index in [1.165, 1.54) is 35.1 Å². The summed E-state index contributed by atoms with van der Waals surface area (Å²) in [5, 5.41) is 16.5. The van der Waals surface area contributed by atoms with Gasteiger partial charge >= 0.3 is 17.9 Å². The van der Waals surface area contributed by atoms with Gasteiger partial charge in [0.2, 0.25) is 0 Å². The summed E-state index contributed by atoms with van der Waals surface area (Å²) in [5.41, 5.74) is 1.81. The van der Waals surface area contributed by atoms with Gasteiger partial charge in [-0.2, -0.15) is 23.5 Å². The molecule has 5 rings (SSSR count). The Morgan fingerprint density at radius 1 is 1.07 bits per heavy atom. The standard InChI is InChI=1S/C34H32F3N7O2.C6H10OS/c1-22(26-13-9-25(10-14-26)21-44(3,4)5)40-32(45)42-31(30-17-18-39-43(30)28-15-11-24(20-38)12-16-28)23(2)41(33(42)46)29-8-6-7-27(19-29)34(35,36)37;1-4-5-6(2)8-7-3/h6-19,22H,21H2,1-5H3;4-5H,1H2,2-3H3/p+1/b;6-5+. The van der Waals surface area contributed by atoms with Gasteiger partial charge in [0.15, 0.2) is 0 Å². The fourth-order valence-electron chi connectivity index (χ4n) is 5.70. The van der Waals surface area contributed by atoms with Crippen LogP contribution in [0.2, 0.25) is 0 Å². The zero-order chi connectivity index (χ0) is 39.8. The molecule has 14 heteroatoms. The molecule has 1 unspecified atom stereocenters. The lowest BCUT2D eigenvalue weighted by molar-refractivity contribution is -0.884. The Hall–Kier alpha value is -5.62. The third-order valence-corrected chi connectivity index (χ3v) is 8.65. The van der Waals surface area contributed by atoms with Crippen LogP contribution in [0.3, 0.4) is 0 Å². The van der Waals surface area contributed by atoms with Crippen molar-refractivity contribution in [2.75, 3.05) is 28.3 Å². The molecule has 0 aliphatic heterocycles. The van der Waals surface area contributed by atoms with Crippen LogP contribution >= 0.6 is 12.0 Å². The first-order chi connectivity index (χ1) is 25.5. The number of hydrogen-bond donors (Lipinski definition) is 1. The molecular weight excluding hydrogens is 716 g/mol. The zero-order valence-electron chi connectivity index (χ0n) is 31.2. The maximum Gasteiger partial charge on any atom is 0.416 e. The summed E-state index contributed by atoms with van der Waals surface area (Å²) in [4.78, 5) is 29.1. The van der Waals surface area contributed by atoms with Crippen LogP contribution in [-0.2, 0) is 16.9 Å². The van der Waals surface area contributed by atoms with Gasteiger partial charge in [0, 0.05) is 22.5 Å². The summed E-state index contributed by atoms with van der Waals surface area (Å²) in [5.74, 6) is 0. The summed E-state index contributed by atoms with van der Waals surface area (Å²) < 4.78 is 49.9. The highest BCUT2D eigenvalue weighted by molar-refractivity contribution is 7.98. The monoisotopic (exact) mass is 758 g/mol. The van der Waals surface area contributed by atoms with Gasteiger partial charge in [0.1, 0.15) is 12.2 Å². The van der Waals surface area contributed by atoms with Gasteiger partial charge in [-0.05, 0) is 74.9 Å². The second kappa shape index (κ2) is 17.5. The lowest BCUT2D eigenvalue weighted by atomic mass is 10.1. The number of carbonyl (C=O) groups excluding carboxylic acids is 1. The maximum atomic E-state index is 14.1. The minimum atomic E-state index is -4.64. The van der Waals surface area contributed by atoms with Gasteiger partial charge in [-0.1, -0.05) is 49.1 Å². The number of allylic oxidation sites excluding steroid dienone is 3. The highest BCUT2D eigenvalue weighted by Gasteiger charge is 2.32.